The molecule has 1 fully saturated rings. The molecule has 48 heavy (non-hydrogen) atoms. The van der Waals surface area contributed by atoms with Crippen molar-refractivity contribution in [1.29, 1.82) is 0 Å². The van der Waals surface area contributed by atoms with Crippen LogP contribution in [-0.2, 0) is 32.6 Å². The second-order valence-corrected chi connectivity index (χ2v) is 14.2. The summed E-state index contributed by atoms with van der Waals surface area (Å²) in [5.41, 5.74) is 1.86. The van der Waals surface area contributed by atoms with Gasteiger partial charge in [0.25, 0.3) is 10.0 Å². The number of hydrogen-bond donors (Lipinski definition) is 1. The predicted molar refractivity (Wildman–Crippen MR) is 190 cm³/mol. The monoisotopic (exact) mass is 687 g/mol. The first kappa shape index (κ1) is 35.0. The molecule has 0 unspecified atom stereocenters. The van der Waals surface area contributed by atoms with Crippen LogP contribution >= 0.6 is 11.6 Å². The lowest BCUT2D eigenvalue weighted by Crippen LogP contribution is -2.55. The van der Waals surface area contributed by atoms with Gasteiger partial charge in [0.1, 0.15) is 18.3 Å². The Hall–Kier alpha value is -4.34. The van der Waals surface area contributed by atoms with Crippen LogP contribution < -0.4 is 14.4 Å². The van der Waals surface area contributed by atoms with E-state index in [4.69, 9.17) is 16.3 Å². The smallest absolute Gasteiger partial charge is 0.264 e. The topological polar surface area (TPSA) is 96.0 Å². The van der Waals surface area contributed by atoms with E-state index in [1.807, 2.05) is 49.4 Å². The van der Waals surface area contributed by atoms with Crippen molar-refractivity contribution in [3.8, 4) is 5.75 Å². The van der Waals surface area contributed by atoms with Crippen molar-refractivity contribution < 1.29 is 22.7 Å². The van der Waals surface area contributed by atoms with E-state index >= 15 is 0 Å². The molecule has 252 valence electrons. The summed E-state index contributed by atoms with van der Waals surface area (Å²) in [6.07, 6.45) is 5.22. The maximum Gasteiger partial charge on any atom is 0.264 e. The number of para-hydroxylation sites is 2. The quantitative estimate of drug-likeness (QED) is 0.154. The zero-order valence-corrected chi connectivity index (χ0v) is 28.7. The van der Waals surface area contributed by atoms with E-state index < -0.39 is 28.5 Å². The average Bonchev–Trinajstić information content (AvgIpc) is 3.11. The number of nitrogens with one attached hydrogen (secondary N) is 1. The minimum Gasteiger partial charge on any atom is -0.492 e. The van der Waals surface area contributed by atoms with Gasteiger partial charge in [0.05, 0.1) is 17.2 Å². The number of hydrogen-bond acceptors (Lipinski definition) is 5. The van der Waals surface area contributed by atoms with Crippen LogP contribution in [0.25, 0.3) is 0 Å². The van der Waals surface area contributed by atoms with Crippen LogP contribution in [0.4, 0.5) is 5.69 Å². The Bertz CT molecular complexity index is 1750. The lowest BCUT2D eigenvalue weighted by Gasteiger charge is -2.35. The Kier molecular flexibility index (Phi) is 12.1. The van der Waals surface area contributed by atoms with Crippen LogP contribution in [0.5, 0.6) is 5.75 Å². The van der Waals surface area contributed by atoms with Crippen LogP contribution in [0.15, 0.2) is 114 Å². The minimum atomic E-state index is -4.24. The summed E-state index contributed by atoms with van der Waals surface area (Å²) in [5, 5.41) is 3.77. The van der Waals surface area contributed by atoms with Gasteiger partial charge in [-0.25, -0.2) is 8.42 Å². The van der Waals surface area contributed by atoms with Crippen molar-refractivity contribution in [3.63, 3.8) is 0 Å². The van der Waals surface area contributed by atoms with E-state index in [2.05, 4.69) is 5.32 Å². The molecule has 2 amide bonds. The number of benzene rings is 4. The number of amides is 2. The van der Waals surface area contributed by atoms with Crippen LogP contribution in [0.2, 0.25) is 5.02 Å². The number of carbonyl (C=O) groups excluding carboxylic acids is 2. The average molecular weight is 688 g/mol. The fourth-order valence-corrected chi connectivity index (χ4v) is 7.63. The Morgan fingerprint density at radius 2 is 1.46 bits per heavy atom. The van der Waals surface area contributed by atoms with Gasteiger partial charge in [0.2, 0.25) is 11.8 Å². The summed E-state index contributed by atoms with van der Waals surface area (Å²) in [6, 6.07) is 30.5. The second-order valence-electron chi connectivity index (χ2n) is 11.9. The van der Waals surface area contributed by atoms with Crippen molar-refractivity contribution >= 4 is 39.1 Å². The van der Waals surface area contributed by atoms with Gasteiger partial charge in [-0.3, -0.25) is 13.9 Å². The van der Waals surface area contributed by atoms with Crippen molar-refractivity contribution in [2.75, 3.05) is 17.5 Å². The van der Waals surface area contributed by atoms with Crippen LogP contribution in [0.1, 0.15) is 50.2 Å². The molecule has 0 bridgehead atoms. The third-order valence-corrected chi connectivity index (χ3v) is 10.6. The molecule has 0 heterocycles. The number of anilines is 1. The molecule has 1 aliphatic carbocycles. The number of sulfonamides is 1. The molecule has 1 saturated carbocycles. The molecule has 4 aromatic rings. The summed E-state index contributed by atoms with van der Waals surface area (Å²) in [4.78, 5) is 30.5. The highest BCUT2D eigenvalue weighted by Crippen LogP contribution is 2.33. The highest BCUT2D eigenvalue weighted by atomic mass is 35.5. The number of rotatable bonds is 14. The van der Waals surface area contributed by atoms with Gasteiger partial charge >= 0.3 is 0 Å². The molecule has 8 nitrogen and oxygen atoms in total. The normalized spacial score (nSPS) is 14.1. The van der Waals surface area contributed by atoms with E-state index in [0.717, 1.165) is 47.5 Å². The molecule has 0 saturated heterocycles. The summed E-state index contributed by atoms with van der Waals surface area (Å²) < 4.78 is 35.5. The van der Waals surface area contributed by atoms with Crippen molar-refractivity contribution in [2.24, 2.45) is 0 Å². The first-order chi connectivity index (χ1) is 23.3. The zero-order chi connectivity index (χ0) is 33.9. The first-order valence-electron chi connectivity index (χ1n) is 16.4. The number of carbonyl (C=O) groups is 2. The molecule has 1 aliphatic rings. The second kappa shape index (κ2) is 16.7. The SMILES string of the molecule is CCOc1ccccc1N(CC(=O)N(Cc1ccc(Cl)cc1)[C@@H](Cc1ccccc1)C(=O)NC1CCCCC1)S(=O)(=O)c1ccccc1. The van der Waals surface area contributed by atoms with E-state index in [1.165, 1.54) is 17.0 Å². The van der Waals surface area contributed by atoms with Gasteiger partial charge in [0.15, 0.2) is 0 Å². The fourth-order valence-electron chi connectivity index (χ4n) is 6.06. The predicted octanol–water partition coefficient (Wildman–Crippen LogP) is 7.02. The van der Waals surface area contributed by atoms with Crippen molar-refractivity contribution in [1.82, 2.24) is 10.2 Å². The van der Waals surface area contributed by atoms with Crippen LogP contribution in [-0.4, -0.2) is 50.4 Å². The summed E-state index contributed by atoms with van der Waals surface area (Å²) in [7, 11) is -4.24. The van der Waals surface area contributed by atoms with Gasteiger partial charge in [-0.1, -0.05) is 104 Å². The van der Waals surface area contributed by atoms with E-state index in [0.29, 0.717) is 17.4 Å². The molecule has 0 spiro atoms. The van der Waals surface area contributed by atoms with Gasteiger partial charge < -0.3 is 15.0 Å². The summed E-state index contributed by atoms with van der Waals surface area (Å²) in [6.45, 7) is 1.62. The van der Waals surface area contributed by atoms with E-state index in [-0.39, 0.29) is 35.5 Å². The third kappa shape index (κ3) is 8.96. The number of halogens is 1. The lowest BCUT2D eigenvalue weighted by atomic mass is 9.94. The maximum absolute atomic E-state index is 14.7. The zero-order valence-electron chi connectivity index (χ0n) is 27.1. The van der Waals surface area contributed by atoms with Gasteiger partial charge in [-0.05, 0) is 67.3 Å². The largest absolute Gasteiger partial charge is 0.492 e. The van der Waals surface area contributed by atoms with Crippen LogP contribution in [0.3, 0.4) is 0 Å². The van der Waals surface area contributed by atoms with Crippen LogP contribution in [0, 0.1) is 0 Å². The fraction of sp³-hybridized carbons (Fsp3) is 0.316. The first-order valence-corrected chi connectivity index (χ1v) is 18.3. The Morgan fingerprint density at radius 3 is 2.12 bits per heavy atom. The molecule has 1 N–H and O–H groups in total. The number of nitrogens with zero attached hydrogens (tertiary/aromatic N) is 2. The molecule has 0 aliphatic heterocycles. The molecule has 1 atom stereocenters. The highest BCUT2D eigenvalue weighted by molar-refractivity contribution is 7.92. The third-order valence-electron chi connectivity index (χ3n) is 8.53. The van der Waals surface area contributed by atoms with Gasteiger partial charge in [0, 0.05) is 24.0 Å². The molecular formula is C38H42ClN3O5S. The van der Waals surface area contributed by atoms with Gasteiger partial charge in [-0.2, -0.15) is 0 Å². The standard InChI is InChI=1S/C38H42ClN3O5S/c1-2-47-36-21-13-12-20-34(36)42(48(45,46)33-18-10-5-11-19-33)28-37(43)41(27-30-22-24-31(39)25-23-30)35(26-29-14-6-3-7-15-29)38(44)40-32-16-8-4-9-17-32/h3,5-7,10-15,18-25,32,35H,2,4,8-9,16-17,26-28H2,1H3,(H,40,44)/t35-/m0/s1. The molecule has 0 aromatic heterocycles. The molecule has 5 rings (SSSR count). The molecule has 0 radical (unpaired) electrons. The van der Waals surface area contributed by atoms with Crippen molar-refractivity contribution in [3.05, 3.63) is 125 Å². The highest BCUT2D eigenvalue weighted by Gasteiger charge is 2.36. The molecule has 4 aromatic carbocycles. The molecular weight excluding hydrogens is 646 g/mol. The van der Waals surface area contributed by atoms with E-state index in [1.54, 1.807) is 54.6 Å². The lowest BCUT2D eigenvalue weighted by molar-refractivity contribution is -0.140. The summed E-state index contributed by atoms with van der Waals surface area (Å²) >= 11 is 6.20. The minimum absolute atomic E-state index is 0.0185. The Labute approximate surface area is 288 Å². The summed E-state index contributed by atoms with van der Waals surface area (Å²) in [5.74, 6) is -0.469. The van der Waals surface area contributed by atoms with Gasteiger partial charge in [-0.15, -0.1) is 0 Å². The number of ether oxygens (including phenoxy) is 1. The molecule has 10 heteroatoms. The van der Waals surface area contributed by atoms with E-state index in [9.17, 15) is 18.0 Å². The Balaban J connectivity index is 1.58. The maximum atomic E-state index is 14.7. The van der Waals surface area contributed by atoms with Crippen molar-refractivity contribution in [2.45, 2.75) is 69.0 Å². The Morgan fingerprint density at radius 1 is 0.833 bits per heavy atom.